The van der Waals surface area contributed by atoms with Crippen LogP contribution in [0.1, 0.15) is 5.56 Å². The Bertz CT molecular complexity index is 582. The Morgan fingerprint density at radius 3 is 2.94 bits per heavy atom. The number of carbonyl (C=O) groups excluding carboxylic acids is 1. The monoisotopic (exact) mass is 336 g/mol. The molecular formula is C14H9IO2. The Labute approximate surface area is 113 Å². The van der Waals surface area contributed by atoms with Crippen molar-refractivity contribution >= 4 is 32.5 Å². The van der Waals surface area contributed by atoms with E-state index in [9.17, 15) is 4.79 Å². The van der Waals surface area contributed by atoms with Crippen molar-refractivity contribution in [2.45, 2.75) is 0 Å². The van der Waals surface area contributed by atoms with Gasteiger partial charge in [0.2, 0.25) is 0 Å². The van der Waals surface area contributed by atoms with E-state index in [-0.39, 0.29) is 5.92 Å². The van der Waals surface area contributed by atoms with Crippen molar-refractivity contribution in [2.75, 3.05) is 0 Å². The Morgan fingerprint density at radius 1 is 1.29 bits per heavy atom. The Hall–Kier alpha value is -1.36. The summed E-state index contributed by atoms with van der Waals surface area (Å²) in [5, 5.41) is 0. The molecule has 1 heterocycles. The summed E-state index contributed by atoms with van der Waals surface area (Å²) in [6.07, 6.45) is 6.63. The van der Waals surface area contributed by atoms with Crippen LogP contribution < -0.4 is 4.74 Å². The lowest BCUT2D eigenvalue weighted by Crippen LogP contribution is -2.12. The summed E-state index contributed by atoms with van der Waals surface area (Å²) >= 11 is 2.32. The summed E-state index contributed by atoms with van der Waals surface area (Å²) in [5.41, 5.74) is 2.16. The van der Waals surface area contributed by atoms with Crippen molar-refractivity contribution in [3.05, 3.63) is 59.4 Å². The summed E-state index contributed by atoms with van der Waals surface area (Å²) in [5.74, 6) is 1.46. The fourth-order valence-corrected chi connectivity index (χ4v) is 2.86. The highest BCUT2D eigenvalue weighted by molar-refractivity contribution is 14.1. The van der Waals surface area contributed by atoms with Gasteiger partial charge in [0.15, 0.2) is 0 Å². The first-order valence-corrected chi connectivity index (χ1v) is 6.40. The predicted octanol–water partition coefficient (Wildman–Crippen LogP) is 3.49. The first kappa shape index (κ1) is 10.8. The van der Waals surface area contributed by atoms with Gasteiger partial charge in [0.05, 0.1) is 5.92 Å². The second-order valence-corrected chi connectivity index (χ2v) is 5.01. The lowest BCUT2D eigenvalue weighted by Gasteiger charge is -2.24. The minimum absolute atomic E-state index is 0.178. The first-order chi connectivity index (χ1) is 8.29. The summed E-state index contributed by atoms with van der Waals surface area (Å²) in [6, 6.07) is 7.93. The van der Waals surface area contributed by atoms with Gasteiger partial charge in [0, 0.05) is 14.7 Å². The lowest BCUT2D eigenvalue weighted by atomic mass is 9.96. The third-order valence-electron chi connectivity index (χ3n) is 2.83. The molecule has 0 saturated heterocycles. The van der Waals surface area contributed by atoms with E-state index in [2.05, 4.69) is 22.6 Å². The van der Waals surface area contributed by atoms with Crippen LogP contribution in [-0.4, -0.2) is 6.29 Å². The number of para-hydroxylation sites is 1. The van der Waals surface area contributed by atoms with E-state index < -0.39 is 0 Å². The zero-order chi connectivity index (χ0) is 11.8. The molecule has 1 aliphatic carbocycles. The number of allylic oxidation sites excluding steroid dienone is 3. The van der Waals surface area contributed by atoms with Gasteiger partial charge in [-0.05, 0) is 34.7 Å². The molecule has 0 spiro atoms. The maximum absolute atomic E-state index is 10.8. The fraction of sp³-hybridized carbons (Fsp3) is 0.0714. The molecule has 84 valence electrons. The van der Waals surface area contributed by atoms with Crippen molar-refractivity contribution < 1.29 is 9.53 Å². The van der Waals surface area contributed by atoms with E-state index in [0.717, 1.165) is 32.5 Å². The van der Waals surface area contributed by atoms with E-state index in [1.807, 2.05) is 42.5 Å². The molecular weight excluding hydrogens is 327 g/mol. The van der Waals surface area contributed by atoms with Crippen LogP contribution in [0.2, 0.25) is 0 Å². The number of benzene rings is 1. The van der Waals surface area contributed by atoms with Crippen LogP contribution in [0.15, 0.2) is 53.8 Å². The Balaban J connectivity index is 2.17. The smallest absolute Gasteiger partial charge is 0.135 e. The normalized spacial score (nSPS) is 21.2. The minimum atomic E-state index is -0.178. The number of hydrogen-bond acceptors (Lipinski definition) is 2. The largest absolute Gasteiger partial charge is 0.456 e. The Morgan fingerprint density at radius 2 is 2.12 bits per heavy atom. The molecule has 0 bridgehead atoms. The molecule has 1 aromatic rings. The lowest BCUT2D eigenvalue weighted by molar-refractivity contribution is -0.109. The van der Waals surface area contributed by atoms with Gasteiger partial charge in [-0.2, -0.15) is 0 Å². The highest BCUT2D eigenvalue weighted by Gasteiger charge is 2.24. The number of fused-ring (bicyclic) bond motifs is 2. The van der Waals surface area contributed by atoms with E-state index in [0.29, 0.717) is 0 Å². The van der Waals surface area contributed by atoms with Gasteiger partial charge < -0.3 is 9.53 Å². The molecule has 3 rings (SSSR count). The maximum Gasteiger partial charge on any atom is 0.135 e. The molecule has 3 heteroatoms. The summed E-state index contributed by atoms with van der Waals surface area (Å²) in [7, 11) is 0. The number of rotatable bonds is 1. The van der Waals surface area contributed by atoms with Gasteiger partial charge >= 0.3 is 0 Å². The molecule has 0 radical (unpaired) electrons. The van der Waals surface area contributed by atoms with Crippen LogP contribution >= 0.6 is 22.6 Å². The van der Waals surface area contributed by atoms with Crippen molar-refractivity contribution in [1.29, 1.82) is 0 Å². The highest BCUT2D eigenvalue weighted by atomic mass is 127. The van der Waals surface area contributed by atoms with Crippen molar-refractivity contribution in [3.63, 3.8) is 0 Å². The van der Waals surface area contributed by atoms with E-state index in [1.165, 1.54) is 0 Å². The number of hydrogen-bond donors (Lipinski definition) is 0. The van der Waals surface area contributed by atoms with Crippen molar-refractivity contribution in [2.24, 2.45) is 5.92 Å². The van der Waals surface area contributed by atoms with Crippen molar-refractivity contribution in [3.8, 4) is 5.75 Å². The molecule has 17 heavy (non-hydrogen) atoms. The summed E-state index contributed by atoms with van der Waals surface area (Å²) < 4.78 is 6.99. The van der Waals surface area contributed by atoms with Crippen molar-refractivity contribution in [1.82, 2.24) is 0 Å². The molecule has 0 N–H and O–H groups in total. The third kappa shape index (κ3) is 1.74. The summed E-state index contributed by atoms with van der Waals surface area (Å²) in [4.78, 5) is 10.8. The zero-order valence-electron chi connectivity index (χ0n) is 8.89. The average molecular weight is 336 g/mol. The topological polar surface area (TPSA) is 26.3 Å². The first-order valence-electron chi connectivity index (χ1n) is 5.32. The molecule has 1 aromatic carbocycles. The molecule has 2 nitrogen and oxygen atoms in total. The molecule has 0 fully saturated rings. The molecule has 1 unspecified atom stereocenters. The van der Waals surface area contributed by atoms with Crippen LogP contribution in [0.4, 0.5) is 0 Å². The van der Waals surface area contributed by atoms with E-state index >= 15 is 0 Å². The molecule has 0 aromatic heterocycles. The number of halogens is 1. The predicted molar refractivity (Wildman–Crippen MR) is 74.8 cm³/mol. The maximum atomic E-state index is 10.8. The highest BCUT2D eigenvalue weighted by Crippen LogP contribution is 2.42. The van der Waals surface area contributed by atoms with Crippen LogP contribution in [0.3, 0.4) is 0 Å². The average Bonchev–Trinajstić information content (AvgIpc) is 2.38. The van der Waals surface area contributed by atoms with Gasteiger partial charge in [0.1, 0.15) is 17.8 Å². The zero-order valence-corrected chi connectivity index (χ0v) is 11.0. The second kappa shape index (κ2) is 4.14. The number of carbonyl (C=O) groups is 1. The quantitative estimate of drug-likeness (QED) is 0.580. The van der Waals surface area contributed by atoms with E-state index in [4.69, 9.17) is 4.74 Å². The summed E-state index contributed by atoms with van der Waals surface area (Å²) in [6.45, 7) is 0. The molecule has 0 amide bonds. The second-order valence-electron chi connectivity index (χ2n) is 3.93. The van der Waals surface area contributed by atoms with Gasteiger partial charge in [-0.25, -0.2) is 0 Å². The molecule has 1 atom stereocenters. The number of aldehydes is 1. The third-order valence-corrected chi connectivity index (χ3v) is 3.99. The standard InChI is InChI=1S/C14H9IO2/c15-14-10-3-1-2-4-12(10)17-13-7-9(8-16)5-6-11(13)14/h1-9H. The molecule has 2 aliphatic rings. The van der Waals surface area contributed by atoms with Crippen LogP contribution in [-0.2, 0) is 4.79 Å². The van der Waals surface area contributed by atoms with E-state index in [1.54, 1.807) is 0 Å². The fourth-order valence-electron chi connectivity index (χ4n) is 1.97. The van der Waals surface area contributed by atoms with Crippen LogP contribution in [0.5, 0.6) is 5.75 Å². The molecule has 1 aliphatic heterocycles. The van der Waals surface area contributed by atoms with Gasteiger partial charge in [0.25, 0.3) is 0 Å². The van der Waals surface area contributed by atoms with Gasteiger partial charge in [-0.3, -0.25) is 0 Å². The van der Waals surface area contributed by atoms with Gasteiger partial charge in [-0.1, -0.05) is 30.4 Å². The van der Waals surface area contributed by atoms with Crippen LogP contribution in [0.25, 0.3) is 3.58 Å². The van der Waals surface area contributed by atoms with Gasteiger partial charge in [-0.15, -0.1) is 0 Å². The van der Waals surface area contributed by atoms with Crippen LogP contribution in [0, 0.1) is 5.92 Å². The molecule has 0 saturated carbocycles. The Kier molecular flexibility index (Phi) is 2.63. The number of ether oxygens (including phenoxy) is 1. The SMILES string of the molecule is O=CC1C=CC2=C(I)c3ccccc3OC2=C1. The minimum Gasteiger partial charge on any atom is -0.456 e.